The number of hydrogen-bond acceptors (Lipinski definition) is 5. The molecule has 3 nitrogen and oxygen atoms in total. The first-order chi connectivity index (χ1) is 9.93. The molecule has 1 aliphatic carbocycles. The number of nitrogens with zero attached hydrogens (tertiary/aromatic N) is 1. The summed E-state index contributed by atoms with van der Waals surface area (Å²) in [6.07, 6.45) is 2.98. The molecule has 21 heavy (non-hydrogen) atoms. The summed E-state index contributed by atoms with van der Waals surface area (Å²) < 4.78 is 0.271. The van der Waals surface area contributed by atoms with Gasteiger partial charge in [-0.1, -0.05) is 6.92 Å². The molecule has 1 aromatic heterocycles. The summed E-state index contributed by atoms with van der Waals surface area (Å²) in [5.74, 6) is 1.93. The molecule has 2 aliphatic rings. The minimum absolute atomic E-state index is 0.191. The maximum atomic E-state index is 12.2. The molecular weight excluding hydrogens is 300 g/mol. The van der Waals surface area contributed by atoms with Crippen molar-refractivity contribution in [1.82, 2.24) is 0 Å². The minimum atomic E-state index is 0.191. The van der Waals surface area contributed by atoms with Gasteiger partial charge in [-0.15, -0.1) is 11.3 Å². The van der Waals surface area contributed by atoms with Crippen LogP contribution in [0.25, 0.3) is 0 Å². The van der Waals surface area contributed by atoms with Crippen LogP contribution in [0.3, 0.4) is 0 Å². The Balaban J connectivity index is 1.99. The van der Waals surface area contributed by atoms with Crippen molar-refractivity contribution in [2.24, 2.45) is 0 Å². The second-order valence-electron chi connectivity index (χ2n) is 6.64. The van der Waals surface area contributed by atoms with Crippen LogP contribution in [0.15, 0.2) is 0 Å². The highest BCUT2D eigenvalue weighted by Crippen LogP contribution is 2.53. The van der Waals surface area contributed by atoms with E-state index in [0.29, 0.717) is 12.3 Å². The van der Waals surface area contributed by atoms with Crippen LogP contribution >= 0.6 is 23.1 Å². The molecule has 0 aromatic carbocycles. The number of carbonyl (C=O) groups excluding carboxylic acids is 1. The largest absolute Gasteiger partial charge is 0.397 e. The van der Waals surface area contributed by atoms with Crippen molar-refractivity contribution in [2.75, 3.05) is 29.5 Å². The molecule has 0 amide bonds. The molecule has 0 bridgehead atoms. The zero-order chi connectivity index (χ0) is 15.2. The van der Waals surface area contributed by atoms with Crippen molar-refractivity contribution >= 4 is 39.6 Å². The Kier molecular flexibility index (Phi) is 3.99. The van der Waals surface area contributed by atoms with Crippen LogP contribution in [0.1, 0.15) is 61.2 Å². The number of anilines is 2. The lowest BCUT2D eigenvalue weighted by molar-refractivity contribution is 0.0993. The van der Waals surface area contributed by atoms with Crippen LogP contribution in [0.4, 0.5) is 10.7 Å². The monoisotopic (exact) mass is 324 g/mol. The van der Waals surface area contributed by atoms with Gasteiger partial charge >= 0.3 is 0 Å². The Morgan fingerprint density at radius 3 is 2.71 bits per heavy atom. The van der Waals surface area contributed by atoms with Gasteiger partial charge < -0.3 is 10.6 Å². The van der Waals surface area contributed by atoms with Crippen LogP contribution in [0, 0.1) is 0 Å². The van der Waals surface area contributed by atoms with Gasteiger partial charge in [0.05, 0.1) is 15.6 Å². The van der Waals surface area contributed by atoms with Gasteiger partial charge in [0.2, 0.25) is 0 Å². The number of hydrogen-bond donors (Lipinski definition) is 1. The first kappa shape index (κ1) is 15.2. The first-order valence-electron chi connectivity index (χ1n) is 7.77. The quantitative estimate of drug-likeness (QED) is 0.846. The summed E-state index contributed by atoms with van der Waals surface area (Å²) in [7, 11) is 0. The van der Waals surface area contributed by atoms with Crippen molar-refractivity contribution in [3.63, 3.8) is 0 Å². The predicted octanol–water partition coefficient (Wildman–Crippen LogP) is 4.13. The van der Waals surface area contributed by atoms with Crippen molar-refractivity contribution < 1.29 is 4.79 Å². The lowest BCUT2D eigenvalue weighted by Gasteiger charge is -2.38. The smallest absolute Gasteiger partial charge is 0.174 e. The number of carbonyl (C=O) groups is 1. The number of thioether (sulfide) groups is 1. The Morgan fingerprint density at radius 1 is 1.43 bits per heavy atom. The third kappa shape index (κ3) is 2.95. The Labute approximate surface area is 135 Å². The van der Waals surface area contributed by atoms with E-state index >= 15 is 0 Å². The molecule has 0 radical (unpaired) electrons. The minimum Gasteiger partial charge on any atom is -0.397 e. The van der Waals surface area contributed by atoms with Gasteiger partial charge in [0, 0.05) is 35.6 Å². The number of Topliss-reactive ketones (excluding diaryl/α,β-unsaturated/α-hetero) is 1. The molecule has 2 N–H and O–H groups in total. The number of thiophene rings is 1. The number of nitrogen functional groups attached to an aromatic ring is 1. The second kappa shape index (κ2) is 5.51. The Bertz CT molecular complexity index is 561. The Morgan fingerprint density at radius 2 is 2.14 bits per heavy atom. The lowest BCUT2D eigenvalue weighted by atomic mass is 10.1. The molecule has 116 valence electrons. The molecule has 5 heteroatoms. The van der Waals surface area contributed by atoms with E-state index in [1.54, 1.807) is 11.3 Å². The third-order valence-electron chi connectivity index (χ3n) is 4.24. The van der Waals surface area contributed by atoms with Crippen molar-refractivity contribution in [2.45, 2.75) is 50.7 Å². The van der Waals surface area contributed by atoms with Gasteiger partial charge in [-0.2, -0.15) is 11.8 Å². The summed E-state index contributed by atoms with van der Waals surface area (Å²) in [5.41, 5.74) is 8.41. The topological polar surface area (TPSA) is 46.3 Å². The van der Waals surface area contributed by atoms with Crippen LogP contribution in [0.5, 0.6) is 0 Å². The summed E-state index contributed by atoms with van der Waals surface area (Å²) >= 11 is 3.67. The lowest BCUT2D eigenvalue weighted by Crippen LogP contribution is -2.43. The predicted molar refractivity (Wildman–Crippen MR) is 94.1 cm³/mol. The van der Waals surface area contributed by atoms with E-state index in [4.69, 9.17) is 5.73 Å². The van der Waals surface area contributed by atoms with Crippen molar-refractivity contribution in [3.05, 3.63) is 10.4 Å². The summed E-state index contributed by atoms with van der Waals surface area (Å²) in [4.78, 5) is 15.4. The number of nitrogens with two attached hydrogens (primary N) is 1. The zero-order valence-electron chi connectivity index (χ0n) is 13.1. The van der Waals surface area contributed by atoms with E-state index in [9.17, 15) is 4.79 Å². The fourth-order valence-corrected chi connectivity index (χ4v) is 5.46. The molecule has 2 fully saturated rings. The van der Waals surface area contributed by atoms with Gasteiger partial charge in [0.25, 0.3) is 0 Å². The summed E-state index contributed by atoms with van der Waals surface area (Å²) in [5, 5.41) is 1.28. The van der Waals surface area contributed by atoms with E-state index in [1.165, 1.54) is 23.4 Å². The van der Waals surface area contributed by atoms with Gasteiger partial charge in [-0.3, -0.25) is 4.79 Å². The SMILES string of the molecule is CCC(=O)c1sc(N2CCSC(C)(C)C2)c(C2CC2)c1N. The number of rotatable bonds is 4. The molecule has 1 saturated heterocycles. The van der Waals surface area contributed by atoms with E-state index < -0.39 is 0 Å². The van der Waals surface area contributed by atoms with E-state index in [-0.39, 0.29) is 10.5 Å². The van der Waals surface area contributed by atoms with E-state index in [0.717, 1.165) is 29.4 Å². The highest BCUT2D eigenvalue weighted by Gasteiger charge is 2.36. The second-order valence-corrected chi connectivity index (χ2v) is 9.45. The summed E-state index contributed by atoms with van der Waals surface area (Å²) in [6.45, 7) is 8.62. The Hall–Kier alpha value is -0.680. The van der Waals surface area contributed by atoms with Crippen molar-refractivity contribution in [3.8, 4) is 0 Å². The third-order valence-corrected chi connectivity index (χ3v) is 6.86. The first-order valence-corrected chi connectivity index (χ1v) is 9.57. The fraction of sp³-hybridized carbons (Fsp3) is 0.688. The van der Waals surface area contributed by atoms with Gasteiger partial charge in [0.15, 0.2) is 5.78 Å². The maximum Gasteiger partial charge on any atom is 0.174 e. The molecular formula is C16H24N2OS2. The van der Waals surface area contributed by atoms with Gasteiger partial charge in [-0.05, 0) is 32.6 Å². The molecule has 2 heterocycles. The van der Waals surface area contributed by atoms with Crippen molar-refractivity contribution in [1.29, 1.82) is 0 Å². The molecule has 1 aromatic rings. The molecule has 3 rings (SSSR count). The van der Waals surface area contributed by atoms with Gasteiger partial charge in [-0.25, -0.2) is 0 Å². The van der Waals surface area contributed by atoms with Crippen LogP contribution in [-0.4, -0.2) is 29.4 Å². The highest BCUT2D eigenvalue weighted by molar-refractivity contribution is 8.00. The number of ketones is 1. The molecule has 0 unspecified atom stereocenters. The van der Waals surface area contributed by atoms with Crippen LogP contribution < -0.4 is 10.6 Å². The molecule has 1 aliphatic heterocycles. The van der Waals surface area contributed by atoms with E-state index in [2.05, 4.69) is 18.7 Å². The van der Waals surface area contributed by atoms with Crippen LogP contribution in [-0.2, 0) is 0 Å². The molecule has 1 saturated carbocycles. The fourth-order valence-electron chi connectivity index (χ4n) is 3.00. The zero-order valence-corrected chi connectivity index (χ0v) is 14.7. The normalized spacial score (nSPS) is 21.6. The average molecular weight is 325 g/mol. The maximum absolute atomic E-state index is 12.2. The van der Waals surface area contributed by atoms with Crippen LogP contribution in [0.2, 0.25) is 0 Å². The van der Waals surface area contributed by atoms with E-state index in [1.807, 2.05) is 18.7 Å². The molecule has 0 spiro atoms. The highest BCUT2D eigenvalue weighted by atomic mass is 32.2. The summed E-state index contributed by atoms with van der Waals surface area (Å²) in [6, 6.07) is 0. The standard InChI is InChI=1S/C16H24N2OS2/c1-4-11(19)14-13(17)12(10-5-6-10)15(21-14)18-7-8-20-16(2,3)9-18/h10H,4-9,17H2,1-3H3. The molecule has 0 atom stereocenters. The average Bonchev–Trinajstić information content (AvgIpc) is 3.20. The van der Waals surface area contributed by atoms with Gasteiger partial charge in [0.1, 0.15) is 0 Å².